The number of fused-ring (bicyclic) bond motifs is 1. The fraction of sp³-hybridized carbons (Fsp3) is 0.227. The molecular formula is C22H23N5O5S. The summed E-state index contributed by atoms with van der Waals surface area (Å²) >= 11 is 0. The molecule has 0 spiro atoms. The van der Waals surface area contributed by atoms with E-state index in [-0.39, 0.29) is 18.0 Å². The lowest BCUT2D eigenvalue weighted by molar-refractivity contribution is 0.306. The maximum Gasteiger partial charge on any atom is 0.240 e. The summed E-state index contributed by atoms with van der Waals surface area (Å²) in [5.41, 5.74) is 2.11. The molecule has 172 valence electrons. The summed E-state index contributed by atoms with van der Waals surface area (Å²) in [6, 6.07) is 15.4. The lowest BCUT2D eigenvalue weighted by Crippen LogP contribution is -2.28. The lowest BCUT2D eigenvalue weighted by atomic mass is 10.2. The van der Waals surface area contributed by atoms with Gasteiger partial charge >= 0.3 is 0 Å². The van der Waals surface area contributed by atoms with Crippen molar-refractivity contribution in [3.63, 3.8) is 0 Å². The first-order valence-corrected chi connectivity index (χ1v) is 11.5. The van der Waals surface area contributed by atoms with E-state index in [1.54, 1.807) is 42.8 Å². The van der Waals surface area contributed by atoms with Gasteiger partial charge < -0.3 is 14.2 Å². The normalized spacial score (nSPS) is 11.5. The van der Waals surface area contributed by atoms with Crippen LogP contribution in [0.2, 0.25) is 0 Å². The molecule has 0 fully saturated rings. The molecule has 0 aliphatic rings. The van der Waals surface area contributed by atoms with Gasteiger partial charge in [-0.1, -0.05) is 0 Å². The Morgan fingerprint density at radius 3 is 2.45 bits per heavy atom. The first kappa shape index (κ1) is 22.5. The van der Waals surface area contributed by atoms with E-state index >= 15 is 0 Å². The predicted octanol–water partition coefficient (Wildman–Crippen LogP) is 2.47. The van der Waals surface area contributed by atoms with Gasteiger partial charge in [-0.25, -0.2) is 13.1 Å². The van der Waals surface area contributed by atoms with Gasteiger partial charge in [0.05, 0.1) is 19.1 Å². The fourth-order valence-corrected chi connectivity index (χ4v) is 4.30. The van der Waals surface area contributed by atoms with Crippen molar-refractivity contribution >= 4 is 15.7 Å². The SMILES string of the molecule is COc1ccc(-c2nnc3ccc(OCCNS(=O)(=O)c4ccc(OC)c(C)c4)nn23)cc1. The van der Waals surface area contributed by atoms with Gasteiger partial charge in [0.2, 0.25) is 15.9 Å². The summed E-state index contributed by atoms with van der Waals surface area (Å²) in [6.45, 7) is 1.95. The van der Waals surface area contributed by atoms with Crippen LogP contribution in [0.25, 0.3) is 17.0 Å². The Hall–Kier alpha value is -3.70. The van der Waals surface area contributed by atoms with Crippen LogP contribution in [-0.2, 0) is 10.0 Å². The van der Waals surface area contributed by atoms with Crippen molar-refractivity contribution in [2.75, 3.05) is 27.4 Å². The zero-order valence-electron chi connectivity index (χ0n) is 18.3. The molecule has 0 amide bonds. The van der Waals surface area contributed by atoms with Crippen molar-refractivity contribution in [3.8, 4) is 28.8 Å². The van der Waals surface area contributed by atoms with E-state index in [1.807, 2.05) is 24.3 Å². The van der Waals surface area contributed by atoms with Crippen LogP contribution in [0.5, 0.6) is 17.4 Å². The summed E-state index contributed by atoms with van der Waals surface area (Å²) in [7, 11) is -0.537. The topological polar surface area (TPSA) is 117 Å². The smallest absolute Gasteiger partial charge is 0.240 e. The second-order valence-corrected chi connectivity index (χ2v) is 8.84. The lowest BCUT2D eigenvalue weighted by Gasteiger charge is -2.10. The third-order valence-corrected chi connectivity index (χ3v) is 6.37. The minimum atomic E-state index is -3.68. The highest BCUT2D eigenvalue weighted by Gasteiger charge is 2.15. The van der Waals surface area contributed by atoms with Crippen LogP contribution in [0.15, 0.2) is 59.5 Å². The molecule has 0 saturated heterocycles. The van der Waals surface area contributed by atoms with Crippen LogP contribution in [0.3, 0.4) is 0 Å². The van der Waals surface area contributed by atoms with Crippen LogP contribution in [0, 0.1) is 6.92 Å². The predicted molar refractivity (Wildman–Crippen MR) is 121 cm³/mol. The molecule has 1 N–H and O–H groups in total. The highest BCUT2D eigenvalue weighted by Crippen LogP contribution is 2.22. The highest BCUT2D eigenvalue weighted by molar-refractivity contribution is 7.89. The number of aryl methyl sites for hydroxylation is 1. The van der Waals surface area contributed by atoms with E-state index in [0.29, 0.717) is 23.1 Å². The molecular weight excluding hydrogens is 446 g/mol. The summed E-state index contributed by atoms with van der Waals surface area (Å²) in [6.07, 6.45) is 0. The Morgan fingerprint density at radius 2 is 1.76 bits per heavy atom. The Balaban J connectivity index is 1.41. The Bertz CT molecular complexity index is 1370. The van der Waals surface area contributed by atoms with E-state index < -0.39 is 10.0 Å². The van der Waals surface area contributed by atoms with Crippen molar-refractivity contribution in [3.05, 3.63) is 60.2 Å². The number of ether oxygens (including phenoxy) is 3. The van der Waals surface area contributed by atoms with Gasteiger partial charge in [-0.3, -0.25) is 0 Å². The van der Waals surface area contributed by atoms with Crippen molar-refractivity contribution in [2.24, 2.45) is 0 Å². The van der Waals surface area contributed by atoms with Gasteiger partial charge in [0, 0.05) is 18.2 Å². The monoisotopic (exact) mass is 469 g/mol. The molecule has 0 unspecified atom stereocenters. The molecule has 0 saturated carbocycles. The molecule has 4 rings (SSSR count). The molecule has 0 bridgehead atoms. The molecule has 33 heavy (non-hydrogen) atoms. The number of nitrogens with zero attached hydrogens (tertiary/aromatic N) is 4. The third kappa shape index (κ3) is 4.89. The number of benzene rings is 2. The van der Waals surface area contributed by atoms with Gasteiger partial charge in [-0.15, -0.1) is 15.3 Å². The summed E-state index contributed by atoms with van der Waals surface area (Å²) < 4.78 is 45.2. The number of nitrogens with one attached hydrogen (secondary N) is 1. The van der Waals surface area contributed by atoms with Gasteiger partial charge in [-0.2, -0.15) is 4.52 Å². The number of hydrogen-bond donors (Lipinski definition) is 1. The maximum absolute atomic E-state index is 12.5. The van der Waals surface area contributed by atoms with Crippen LogP contribution < -0.4 is 18.9 Å². The van der Waals surface area contributed by atoms with Crippen LogP contribution in [-0.4, -0.2) is 55.6 Å². The van der Waals surface area contributed by atoms with Crippen molar-refractivity contribution in [2.45, 2.75) is 11.8 Å². The van der Waals surface area contributed by atoms with E-state index in [9.17, 15) is 8.42 Å². The van der Waals surface area contributed by atoms with E-state index in [2.05, 4.69) is 20.0 Å². The molecule has 2 aromatic carbocycles. The number of aromatic nitrogens is 4. The first-order valence-electron chi connectivity index (χ1n) is 10.1. The molecule has 0 aliphatic carbocycles. The Kier molecular flexibility index (Phi) is 6.43. The molecule has 0 aliphatic heterocycles. The summed E-state index contributed by atoms with van der Waals surface area (Å²) in [5, 5.41) is 12.7. The Labute approximate surface area is 191 Å². The van der Waals surface area contributed by atoms with Gasteiger partial charge in [0.25, 0.3) is 0 Å². The van der Waals surface area contributed by atoms with Crippen LogP contribution >= 0.6 is 0 Å². The minimum absolute atomic E-state index is 0.0701. The largest absolute Gasteiger partial charge is 0.497 e. The molecule has 2 aromatic heterocycles. The molecule has 10 nitrogen and oxygen atoms in total. The molecule has 4 aromatic rings. The van der Waals surface area contributed by atoms with Gasteiger partial charge in [0.1, 0.15) is 18.1 Å². The first-order chi connectivity index (χ1) is 15.9. The molecule has 0 atom stereocenters. The van der Waals surface area contributed by atoms with E-state index in [1.165, 1.54) is 13.2 Å². The zero-order chi connectivity index (χ0) is 23.4. The quantitative estimate of drug-likeness (QED) is 0.372. The fourth-order valence-electron chi connectivity index (χ4n) is 3.20. The number of methoxy groups -OCH3 is 2. The second kappa shape index (κ2) is 9.43. The van der Waals surface area contributed by atoms with Gasteiger partial charge in [-0.05, 0) is 61.0 Å². The Morgan fingerprint density at radius 1 is 0.970 bits per heavy atom. The molecule has 0 radical (unpaired) electrons. The van der Waals surface area contributed by atoms with Crippen LogP contribution in [0.4, 0.5) is 0 Å². The standard InChI is InChI=1S/C22H23N5O5S/c1-15-14-18(8-9-19(15)31-3)33(28,29)23-12-13-32-21-11-10-20-24-25-22(27(20)26-21)16-4-6-17(30-2)7-5-16/h4-11,14,23H,12-13H2,1-3H3. The average Bonchev–Trinajstić information content (AvgIpc) is 3.25. The summed E-state index contributed by atoms with van der Waals surface area (Å²) in [5.74, 6) is 2.23. The van der Waals surface area contributed by atoms with Crippen LogP contribution in [0.1, 0.15) is 5.56 Å². The molecule has 11 heteroatoms. The highest BCUT2D eigenvalue weighted by atomic mass is 32.2. The zero-order valence-corrected chi connectivity index (χ0v) is 19.2. The molecule has 2 heterocycles. The second-order valence-electron chi connectivity index (χ2n) is 7.07. The van der Waals surface area contributed by atoms with E-state index in [4.69, 9.17) is 14.2 Å². The third-order valence-electron chi connectivity index (χ3n) is 4.91. The number of hydrogen-bond acceptors (Lipinski definition) is 8. The van der Waals surface area contributed by atoms with Crippen molar-refractivity contribution in [1.82, 2.24) is 24.5 Å². The van der Waals surface area contributed by atoms with E-state index in [0.717, 1.165) is 16.9 Å². The number of rotatable bonds is 9. The maximum atomic E-state index is 12.5. The summed E-state index contributed by atoms with van der Waals surface area (Å²) in [4.78, 5) is 0.161. The minimum Gasteiger partial charge on any atom is -0.497 e. The van der Waals surface area contributed by atoms with Gasteiger partial charge in [0.15, 0.2) is 11.5 Å². The van der Waals surface area contributed by atoms with Crippen molar-refractivity contribution in [1.29, 1.82) is 0 Å². The average molecular weight is 470 g/mol. The number of sulfonamides is 1. The van der Waals surface area contributed by atoms with Crippen molar-refractivity contribution < 1.29 is 22.6 Å².